The molecular formula is C6H10O4. The van der Waals surface area contributed by atoms with Crippen LogP contribution in [0.15, 0.2) is 0 Å². The molecule has 0 aromatic heterocycles. The lowest BCUT2D eigenvalue weighted by Crippen LogP contribution is -2.56. The molecule has 0 aromatic rings. The molecule has 0 aliphatic carbocycles. The Morgan fingerprint density at radius 3 is 2.80 bits per heavy atom. The van der Waals surface area contributed by atoms with Crippen molar-refractivity contribution in [2.45, 2.75) is 24.4 Å². The molecule has 2 aliphatic heterocycles. The average molecular weight is 146 g/mol. The zero-order valence-electron chi connectivity index (χ0n) is 5.43. The van der Waals surface area contributed by atoms with Crippen LogP contribution >= 0.6 is 0 Å². The van der Waals surface area contributed by atoms with Gasteiger partial charge in [-0.05, 0) is 0 Å². The van der Waals surface area contributed by atoms with E-state index in [1.54, 1.807) is 0 Å². The van der Waals surface area contributed by atoms with Gasteiger partial charge in [0.1, 0.15) is 24.4 Å². The third kappa shape index (κ3) is 0.703. The Balaban J connectivity index is 1.96. The van der Waals surface area contributed by atoms with Crippen molar-refractivity contribution < 1.29 is 19.7 Å². The second-order valence-electron chi connectivity index (χ2n) is 2.69. The number of hydrogen-bond donors (Lipinski definition) is 2. The lowest BCUT2D eigenvalue weighted by atomic mass is 10.00. The highest BCUT2D eigenvalue weighted by molar-refractivity contribution is 4.98. The first-order valence-electron chi connectivity index (χ1n) is 3.39. The summed E-state index contributed by atoms with van der Waals surface area (Å²) in [5.41, 5.74) is 0. The SMILES string of the molecule is OC[C@H]1O[C@@H]2[C@@H]1OC[C@@H]2O. The molecule has 2 heterocycles. The van der Waals surface area contributed by atoms with Gasteiger partial charge in [0, 0.05) is 0 Å². The van der Waals surface area contributed by atoms with E-state index in [-0.39, 0.29) is 24.9 Å². The first kappa shape index (κ1) is 6.54. The van der Waals surface area contributed by atoms with Gasteiger partial charge >= 0.3 is 0 Å². The van der Waals surface area contributed by atoms with Crippen LogP contribution in [0.5, 0.6) is 0 Å². The molecule has 2 fully saturated rings. The Labute approximate surface area is 58.4 Å². The van der Waals surface area contributed by atoms with Gasteiger partial charge in [-0.3, -0.25) is 0 Å². The van der Waals surface area contributed by atoms with Crippen molar-refractivity contribution in [3.05, 3.63) is 0 Å². The molecule has 4 nitrogen and oxygen atoms in total. The molecule has 0 amide bonds. The molecule has 10 heavy (non-hydrogen) atoms. The van der Waals surface area contributed by atoms with Crippen LogP contribution in [0, 0.1) is 0 Å². The monoisotopic (exact) mass is 146 g/mol. The van der Waals surface area contributed by atoms with Crippen molar-refractivity contribution in [3.63, 3.8) is 0 Å². The number of fused-ring (bicyclic) bond motifs is 1. The Bertz CT molecular complexity index is 138. The number of ether oxygens (including phenoxy) is 2. The fourth-order valence-electron chi connectivity index (χ4n) is 1.44. The topological polar surface area (TPSA) is 58.9 Å². The van der Waals surface area contributed by atoms with Crippen LogP contribution in [0.1, 0.15) is 0 Å². The zero-order chi connectivity index (χ0) is 7.14. The maximum absolute atomic E-state index is 9.10. The highest BCUT2D eigenvalue weighted by atomic mass is 16.6. The van der Waals surface area contributed by atoms with Gasteiger partial charge in [-0.25, -0.2) is 0 Å². The van der Waals surface area contributed by atoms with E-state index in [0.29, 0.717) is 6.61 Å². The van der Waals surface area contributed by atoms with Crippen LogP contribution in [0.25, 0.3) is 0 Å². The Morgan fingerprint density at radius 1 is 1.40 bits per heavy atom. The smallest absolute Gasteiger partial charge is 0.115 e. The molecule has 0 aromatic carbocycles. The number of aliphatic hydroxyl groups excluding tert-OH is 2. The summed E-state index contributed by atoms with van der Waals surface area (Å²) < 4.78 is 10.2. The van der Waals surface area contributed by atoms with Crippen molar-refractivity contribution in [3.8, 4) is 0 Å². The fraction of sp³-hybridized carbons (Fsp3) is 1.00. The van der Waals surface area contributed by atoms with E-state index < -0.39 is 6.10 Å². The van der Waals surface area contributed by atoms with Crippen LogP contribution in [-0.2, 0) is 9.47 Å². The van der Waals surface area contributed by atoms with Gasteiger partial charge < -0.3 is 19.7 Å². The van der Waals surface area contributed by atoms with Crippen molar-refractivity contribution in [2.24, 2.45) is 0 Å². The van der Waals surface area contributed by atoms with Crippen molar-refractivity contribution in [2.75, 3.05) is 13.2 Å². The third-order valence-corrected chi connectivity index (χ3v) is 2.04. The minimum absolute atomic E-state index is 0.0200. The molecule has 4 heteroatoms. The van der Waals surface area contributed by atoms with Crippen molar-refractivity contribution in [1.29, 1.82) is 0 Å². The van der Waals surface area contributed by atoms with Crippen LogP contribution in [0.2, 0.25) is 0 Å². The van der Waals surface area contributed by atoms with Crippen LogP contribution in [0.4, 0.5) is 0 Å². The lowest BCUT2D eigenvalue weighted by Gasteiger charge is -2.38. The van der Waals surface area contributed by atoms with Gasteiger partial charge in [-0.1, -0.05) is 0 Å². The fourth-order valence-corrected chi connectivity index (χ4v) is 1.44. The highest BCUT2D eigenvalue weighted by Gasteiger charge is 2.51. The summed E-state index contributed by atoms with van der Waals surface area (Å²) in [5.74, 6) is 0. The normalized spacial score (nSPS) is 52.2. The van der Waals surface area contributed by atoms with E-state index in [1.165, 1.54) is 0 Å². The molecule has 2 saturated heterocycles. The number of aliphatic hydroxyl groups is 2. The van der Waals surface area contributed by atoms with Gasteiger partial charge in [0.25, 0.3) is 0 Å². The maximum Gasteiger partial charge on any atom is 0.115 e. The first-order valence-corrected chi connectivity index (χ1v) is 3.39. The largest absolute Gasteiger partial charge is 0.394 e. The molecule has 4 atom stereocenters. The van der Waals surface area contributed by atoms with Crippen LogP contribution in [0.3, 0.4) is 0 Å². The lowest BCUT2D eigenvalue weighted by molar-refractivity contribution is -0.222. The van der Waals surface area contributed by atoms with Gasteiger partial charge in [-0.2, -0.15) is 0 Å². The van der Waals surface area contributed by atoms with E-state index >= 15 is 0 Å². The maximum atomic E-state index is 9.10. The second kappa shape index (κ2) is 2.17. The molecule has 0 bridgehead atoms. The minimum atomic E-state index is -0.493. The molecule has 0 unspecified atom stereocenters. The first-order chi connectivity index (χ1) is 4.83. The van der Waals surface area contributed by atoms with E-state index in [4.69, 9.17) is 19.7 Å². The Kier molecular flexibility index (Phi) is 1.42. The van der Waals surface area contributed by atoms with E-state index in [0.717, 1.165) is 0 Å². The quantitative estimate of drug-likeness (QED) is 0.473. The molecule has 2 N–H and O–H groups in total. The van der Waals surface area contributed by atoms with Crippen LogP contribution < -0.4 is 0 Å². The van der Waals surface area contributed by atoms with E-state index in [1.807, 2.05) is 0 Å². The van der Waals surface area contributed by atoms with Crippen molar-refractivity contribution >= 4 is 0 Å². The minimum Gasteiger partial charge on any atom is -0.394 e. The summed E-state index contributed by atoms with van der Waals surface area (Å²) in [7, 11) is 0. The van der Waals surface area contributed by atoms with E-state index in [9.17, 15) is 0 Å². The molecule has 2 aliphatic rings. The van der Waals surface area contributed by atoms with Gasteiger partial charge in [0.15, 0.2) is 0 Å². The predicted molar refractivity (Wildman–Crippen MR) is 31.5 cm³/mol. The third-order valence-electron chi connectivity index (χ3n) is 2.04. The summed E-state index contributed by atoms with van der Waals surface area (Å²) >= 11 is 0. The highest BCUT2D eigenvalue weighted by Crippen LogP contribution is 2.32. The summed E-state index contributed by atoms with van der Waals surface area (Å²) in [4.78, 5) is 0. The Hall–Kier alpha value is -0.160. The predicted octanol–water partition coefficient (Wildman–Crippen LogP) is -1.49. The molecule has 2 rings (SSSR count). The summed E-state index contributed by atoms with van der Waals surface area (Å²) in [6.45, 7) is 0.319. The molecule has 58 valence electrons. The number of rotatable bonds is 1. The molecule has 0 radical (unpaired) electrons. The summed E-state index contributed by atoms with van der Waals surface area (Å²) in [6.07, 6.45) is -0.952. The standard InChI is InChI=1S/C6H10O4/c7-1-4-6-5(10-4)3(8)2-9-6/h3-8H,1-2H2/t3-,4+,5-,6+/m0/s1. The number of hydrogen-bond acceptors (Lipinski definition) is 4. The zero-order valence-corrected chi connectivity index (χ0v) is 5.43. The summed E-state index contributed by atoms with van der Waals surface area (Å²) in [5, 5.41) is 17.7. The van der Waals surface area contributed by atoms with Gasteiger partial charge in [0.2, 0.25) is 0 Å². The summed E-state index contributed by atoms with van der Waals surface area (Å²) in [6, 6.07) is 0. The molecule has 0 spiro atoms. The van der Waals surface area contributed by atoms with Crippen LogP contribution in [-0.4, -0.2) is 47.8 Å². The van der Waals surface area contributed by atoms with Gasteiger partial charge in [-0.15, -0.1) is 0 Å². The van der Waals surface area contributed by atoms with Gasteiger partial charge in [0.05, 0.1) is 13.2 Å². The Morgan fingerprint density at radius 2 is 2.20 bits per heavy atom. The second-order valence-corrected chi connectivity index (χ2v) is 2.69. The van der Waals surface area contributed by atoms with Crippen molar-refractivity contribution in [1.82, 2.24) is 0 Å². The average Bonchev–Trinajstić information content (AvgIpc) is 2.10. The molecule has 0 saturated carbocycles. The van der Waals surface area contributed by atoms with E-state index in [2.05, 4.69) is 0 Å². The molecular weight excluding hydrogens is 136 g/mol.